The minimum Gasteiger partial charge on any atom is -0.432 e. The number of H-pyrrole nitrogens is 1. The van der Waals surface area contributed by atoms with E-state index >= 15 is 0 Å². The van der Waals surface area contributed by atoms with Crippen molar-refractivity contribution >= 4 is 10.9 Å². The van der Waals surface area contributed by atoms with Crippen LogP contribution in [-0.4, -0.2) is 11.5 Å². The maximum Gasteiger partial charge on any atom is 0.254 e. The van der Waals surface area contributed by atoms with Crippen LogP contribution in [0.1, 0.15) is 5.56 Å². The van der Waals surface area contributed by atoms with E-state index in [1.54, 1.807) is 6.07 Å². The minimum absolute atomic E-state index is 0.104. The van der Waals surface area contributed by atoms with E-state index in [4.69, 9.17) is 15.2 Å². The van der Waals surface area contributed by atoms with E-state index in [2.05, 4.69) is 34.6 Å². The maximum atomic E-state index is 11.8. The average molecular weight is 411 g/mol. The number of rotatable bonds is 5. The zero-order valence-electron chi connectivity index (χ0n) is 16.7. The molecular weight excluding hydrogens is 390 g/mol. The molecule has 4 N–H and O–H groups in total. The van der Waals surface area contributed by atoms with Gasteiger partial charge in [-0.05, 0) is 41.1 Å². The van der Waals surface area contributed by atoms with Crippen LogP contribution in [0, 0.1) is 0 Å². The summed E-state index contributed by atoms with van der Waals surface area (Å²) in [7, 11) is 0. The van der Waals surface area contributed by atoms with Crippen LogP contribution in [-0.2, 0) is 6.42 Å². The summed E-state index contributed by atoms with van der Waals surface area (Å²) in [6.07, 6.45) is 0.786. The molecule has 0 spiro atoms. The van der Waals surface area contributed by atoms with Crippen LogP contribution in [0.3, 0.4) is 0 Å². The molecule has 0 unspecified atom stereocenters. The highest BCUT2D eigenvalue weighted by Crippen LogP contribution is 2.32. The molecule has 6 nitrogen and oxygen atoms in total. The van der Waals surface area contributed by atoms with Gasteiger partial charge in [0.25, 0.3) is 11.8 Å². The first kappa shape index (κ1) is 18.8. The second-order valence-corrected chi connectivity index (χ2v) is 7.31. The van der Waals surface area contributed by atoms with Gasteiger partial charge in [0.05, 0.1) is 5.52 Å². The lowest BCUT2D eigenvalue weighted by atomic mass is 10.00. The first-order valence-electron chi connectivity index (χ1n) is 10.1. The van der Waals surface area contributed by atoms with Gasteiger partial charge in [-0.3, -0.25) is 4.79 Å². The van der Waals surface area contributed by atoms with Crippen molar-refractivity contribution in [2.24, 2.45) is 5.73 Å². The summed E-state index contributed by atoms with van der Waals surface area (Å²) in [4.78, 5) is 14.7. The Morgan fingerprint density at radius 2 is 1.61 bits per heavy atom. The van der Waals surface area contributed by atoms with Gasteiger partial charge in [0, 0.05) is 18.2 Å². The zero-order valence-corrected chi connectivity index (χ0v) is 16.7. The largest absolute Gasteiger partial charge is 0.432 e. The lowest BCUT2D eigenvalue weighted by Crippen LogP contribution is -2.29. The number of hydrogen-bond donors (Lipinski definition) is 3. The Kier molecular flexibility index (Phi) is 4.80. The smallest absolute Gasteiger partial charge is 0.254 e. The van der Waals surface area contributed by atoms with E-state index < -0.39 is 0 Å². The fourth-order valence-corrected chi connectivity index (χ4v) is 3.66. The molecule has 0 atom stereocenters. The van der Waals surface area contributed by atoms with Gasteiger partial charge >= 0.3 is 0 Å². The number of aromatic amines is 1. The predicted octanol–water partition coefficient (Wildman–Crippen LogP) is 3.88. The summed E-state index contributed by atoms with van der Waals surface area (Å²) < 4.78 is 11.4. The number of pyridine rings is 1. The Morgan fingerprint density at radius 1 is 0.839 bits per heavy atom. The van der Waals surface area contributed by atoms with Crippen molar-refractivity contribution in [1.29, 1.82) is 0 Å². The highest BCUT2D eigenvalue weighted by molar-refractivity contribution is 5.93. The number of para-hydroxylation sites is 3. The molecule has 0 aliphatic carbocycles. The molecule has 31 heavy (non-hydrogen) atoms. The molecule has 3 aromatic carbocycles. The van der Waals surface area contributed by atoms with E-state index in [9.17, 15) is 4.79 Å². The maximum absolute atomic E-state index is 11.8. The van der Waals surface area contributed by atoms with Crippen molar-refractivity contribution in [1.82, 2.24) is 10.3 Å². The molecule has 0 radical (unpaired) electrons. The Labute approximate surface area is 178 Å². The fourth-order valence-electron chi connectivity index (χ4n) is 3.66. The van der Waals surface area contributed by atoms with Crippen molar-refractivity contribution in [2.75, 3.05) is 6.54 Å². The van der Waals surface area contributed by atoms with Crippen LogP contribution in [0.2, 0.25) is 0 Å². The number of aromatic nitrogens is 1. The summed E-state index contributed by atoms with van der Waals surface area (Å²) in [5.41, 5.74) is 9.93. The Bertz CT molecular complexity index is 1340. The first-order valence-corrected chi connectivity index (χ1v) is 10.1. The molecule has 1 aliphatic heterocycles. The summed E-state index contributed by atoms with van der Waals surface area (Å²) in [5, 5.41) is 4.21. The molecular formula is C25H21N3O3. The van der Waals surface area contributed by atoms with Crippen molar-refractivity contribution in [2.45, 2.75) is 6.42 Å². The van der Waals surface area contributed by atoms with E-state index in [1.165, 1.54) is 5.56 Å². The van der Waals surface area contributed by atoms with Crippen LogP contribution in [0.15, 0.2) is 95.4 Å². The van der Waals surface area contributed by atoms with Crippen LogP contribution in [0.25, 0.3) is 22.0 Å². The number of nitrogens with one attached hydrogen (secondary N) is 2. The molecule has 0 saturated heterocycles. The number of hydrogen-bond acceptors (Lipinski definition) is 5. The molecule has 4 aromatic rings. The number of ether oxygens (including phenoxy) is 2. The molecule has 154 valence electrons. The molecule has 0 saturated carbocycles. The van der Waals surface area contributed by atoms with E-state index in [0.29, 0.717) is 23.9 Å². The van der Waals surface area contributed by atoms with E-state index in [0.717, 1.165) is 28.5 Å². The quantitative estimate of drug-likeness (QED) is 0.464. The summed E-state index contributed by atoms with van der Waals surface area (Å²) >= 11 is 0. The van der Waals surface area contributed by atoms with Gasteiger partial charge in [0.1, 0.15) is 0 Å². The van der Waals surface area contributed by atoms with Gasteiger partial charge in [-0.15, -0.1) is 0 Å². The van der Waals surface area contributed by atoms with Crippen LogP contribution >= 0.6 is 0 Å². The van der Waals surface area contributed by atoms with Gasteiger partial charge in [-0.1, -0.05) is 54.6 Å². The number of benzene rings is 3. The number of nitrogens with two attached hydrogens (primary N) is 1. The second-order valence-electron chi connectivity index (χ2n) is 7.31. The van der Waals surface area contributed by atoms with Crippen molar-refractivity contribution in [3.63, 3.8) is 0 Å². The third-order valence-electron chi connectivity index (χ3n) is 5.23. The van der Waals surface area contributed by atoms with Gasteiger partial charge < -0.3 is 25.5 Å². The average Bonchev–Trinajstić information content (AvgIpc) is 2.79. The minimum atomic E-state index is -0.104. The molecule has 0 bridgehead atoms. The Hall–Kier alpha value is -4.19. The van der Waals surface area contributed by atoms with Gasteiger partial charge in [0.2, 0.25) is 5.56 Å². The van der Waals surface area contributed by atoms with Crippen molar-refractivity contribution in [3.8, 4) is 22.6 Å². The SMILES string of the molecule is NC1=C(NCCc2ccc(-c3cccc4ccc(=O)[nH]c34)cc2)Oc2ccccc2O1. The third kappa shape index (κ3) is 3.83. The molecule has 0 amide bonds. The first-order chi connectivity index (χ1) is 15.2. The standard InChI is InChI=1S/C25H21N3O3/c26-24-25(31-21-7-2-1-6-20(21)30-24)27-15-14-16-8-10-17(11-9-16)19-5-3-4-18-12-13-22(29)28-23(18)19/h1-13,27H,14-15,26H2,(H,28,29). The van der Waals surface area contributed by atoms with Crippen LogP contribution in [0.5, 0.6) is 11.5 Å². The number of fused-ring (bicyclic) bond motifs is 2. The van der Waals surface area contributed by atoms with Crippen molar-refractivity contribution in [3.05, 3.63) is 107 Å². The molecule has 2 heterocycles. The van der Waals surface area contributed by atoms with Gasteiger partial charge in [0.15, 0.2) is 11.5 Å². The van der Waals surface area contributed by atoms with E-state index in [1.807, 2.05) is 48.5 Å². The summed E-state index contributed by atoms with van der Waals surface area (Å²) in [6, 6.07) is 25.1. The monoisotopic (exact) mass is 411 g/mol. The lowest BCUT2D eigenvalue weighted by molar-refractivity contribution is 0.268. The molecule has 1 aliphatic rings. The molecule has 6 heteroatoms. The highest BCUT2D eigenvalue weighted by atomic mass is 16.6. The Balaban J connectivity index is 1.27. The van der Waals surface area contributed by atoms with Gasteiger partial charge in [-0.25, -0.2) is 0 Å². The van der Waals surface area contributed by atoms with Crippen LogP contribution < -0.4 is 26.1 Å². The van der Waals surface area contributed by atoms with Crippen molar-refractivity contribution < 1.29 is 9.47 Å². The Morgan fingerprint density at radius 3 is 2.42 bits per heavy atom. The lowest BCUT2D eigenvalue weighted by Gasteiger charge is -2.21. The molecule has 0 fully saturated rings. The fraction of sp³-hybridized carbons (Fsp3) is 0.0800. The normalized spacial score (nSPS) is 12.8. The highest BCUT2D eigenvalue weighted by Gasteiger charge is 2.18. The van der Waals surface area contributed by atoms with E-state index in [-0.39, 0.29) is 11.4 Å². The topological polar surface area (TPSA) is 89.4 Å². The summed E-state index contributed by atoms with van der Waals surface area (Å²) in [5.74, 6) is 1.89. The second kappa shape index (κ2) is 7.91. The zero-order chi connectivity index (χ0) is 21.2. The van der Waals surface area contributed by atoms with Gasteiger partial charge in [-0.2, -0.15) is 0 Å². The molecule has 1 aromatic heterocycles. The third-order valence-corrected chi connectivity index (χ3v) is 5.23. The summed E-state index contributed by atoms with van der Waals surface area (Å²) in [6.45, 7) is 0.641. The molecule has 5 rings (SSSR count). The predicted molar refractivity (Wildman–Crippen MR) is 121 cm³/mol. The van der Waals surface area contributed by atoms with Crippen LogP contribution in [0.4, 0.5) is 0 Å².